The lowest BCUT2D eigenvalue weighted by atomic mass is 9.72. The molecule has 2 fully saturated rings. The number of hydrogen-bond donors (Lipinski definition) is 1. The van der Waals surface area contributed by atoms with E-state index in [0.29, 0.717) is 0 Å². The normalized spacial score (nSPS) is 19.5. The second kappa shape index (κ2) is 8.11. The maximum Gasteiger partial charge on any atom is 0.490 e. The maximum absolute atomic E-state index is 12.8. The van der Waals surface area contributed by atoms with Crippen molar-refractivity contribution >= 4 is 23.6 Å². The molecule has 0 radical (unpaired) electrons. The van der Waals surface area contributed by atoms with Gasteiger partial charge in [-0.1, -0.05) is 0 Å². The van der Waals surface area contributed by atoms with Crippen LogP contribution < -0.4 is 4.90 Å². The summed E-state index contributed by atoms with van der Waals surface area (Å²) in [6.07, 6.45) is 1.44. The van der Waals surface area contributed by atoms with Gasteiger partial charge in [0.25, 0.3) is 0 Å². The average molecular weight is 428 g/mol. The number of urea groups is 1. The van der Waals surface area contributed by atoms with E-state index in [1.165, 1.54) is 0 Å². The molecule has 0 aromatic carbocycles. The number of nitrogens with zero attached hydrogens (tertiary/aromatic N) is 4. The van der Waals surface area contributed by atoms with Gasteiger partial charge in [0.05, 0.1) is 5.69 Å². The Labute approximate surface area is 171 Å². The topological polar surface area (TPSA) is 94.1 Å². The van der Waals surface area contributed by atoms with E-state index in [2.05, 4.69) is 4.98 Å². The summed E-state index contributed by atoms with van der Waals surface area (Å²) >= 11 is 0. The van der Waals surface area contributed by atoms with Crippen LogP contribution in [0.25, 0.3) is 0 Å². The molecule has 1 aromatic heterocycles. The number of hydrogen-bond acceptors (Lipinski definition) is 4. The smallest absolute Gasteiger partial charge is 0.475 e. The third-order valence-electron chi connectivity index (χ3n) is 5.84. The summed E-state index contributed by atoms with van der Waals surface area (Å²) < 4.78 is 31.7. The molecule has 0 saturated carbocycles. The van der Waals surface area contributed by atoms with Gasteiger partial charge in [-0.3, -0.25) is 14.7 Å². The Balaban J connectivity index is 0.000000318. The summed E-state index contributed by atoms with van der Waals surface area (Å²) in [5.74, 6) is -2.60. The van der Waals surface area contributed by atoms with E-state index in [1.807, 2.05) is 27.0 Å². The molecule has 3 aliphatic rings. The van der Waals surface area contributed by atoms with Crippen LogP contribution in [0.4, 0.5) is 23.7 Å². The van der Waals surface area contributed by atoms with E-state index in [9.17, 15) is 22.8 Å². The van der Waals surface area contributed by atoms with Crippen molar-refractivity contribution in [1.29, 1.82) is 0 Å². The zero-order chi connectivity index (χ0) is 22.1. The molecule has 2 saturated heterocycles. The van der Waals surface area contributed by atoms with Crippen molar-refractivity contribution < 1.29 is 32.7 Å². The summed E-state index contributed by atoms with van der Waals surface area (Å²) in [5, 5.41) is 7.12. The Hall–Kier alpha value is -2.85. The first kappa shape index (κ1) is 21.8. The fourth-order valence-corrected chi connectivity index (χ4v) is 4.11. The zero-order valence-corrected chi connectivity index (χ0v) is 16.5. The number of amides is 3. The number of carbonyl (C=O) groups is 3. The monoisotopic (exact) mass is 428 g/mol. The van der Waals surface area contributed by atoms with Gasteiger partial charge in [0.1, 0.15) is 0 Å². The number of alkyl halides is 3. The summed E-state index contributed by atoms with van der Waals surface area (Å²) in [6, 6.07) is 2.05. The molecular formula is C19H23F3N4O4. The molecule has 1 spiro atoms. The lowest BCUT2D eigenvalue weighted by molar-refractivity contribution is -0.192. The number of likely N-dealkylation sites (tertiary alicyclic amines) is 2. The SMILES string of the molecule is CC(=O)N1CCC2(CC1)CN(C(=O)N1CCc3cnccc31)C2.O=C(O)C(F)(F)F. The van der Waals surface area contributed by atoms with Crippen molar-refractivity contribution in [3.05, 3.63) is 24.0 Å². The summed E-state index contributed by atoms with van der Waals surface area (Å²) in [4.78, 5) is 43.0. The van der Waals surface area contributed by atoms with E-state index in [1.54, 1.807) is 13.1 Å². The van der Waals surface area contributed by atoms with Crippen LogP contribution in [0.5, 0.6) is 0 Å². The number of aliphatic carboxylic acids is 1. The lowest BCUT2D eigenvalue weighted by Gasteiger charge is -2.54. The van der Waals surface area contributed by atoms with Crippen molar-refractivity contribution in [1.82, 2.24) is 14.8 Å². The molecule has 3 amide bonds. The average Bonchev–Trinajstić information content (AvgIpc) is 3.09. The molecule has 4 rings (SSSR count). The van der Waals surface area contributed by atoms with Crippen LogP contribution in [0.2, 0.25) is 0 Å². The van der Waals surface area contributed by atoms with Gasteiger partial charge >= 0.3 is 18.2 Å². The Bertz CT molecular complexity index is 829. The molecule has 164 valence electrons. The Morgan fingerprint density at radius 2 is 1.70 bits per heavy atom. The number of fused-ring (bicyclic) bond motifs is 1. The standard InChI is InChI=1S/C17H22N4O2.C2HF3O2/c1-13(22)19-8-4-17(5-9-19)11-20(12-17)16(23)21-7-3-14-10-18-6-2-15(14)21;3-2(4,5)1(6)7/h2,6,10H,3-5,7-9,11-12H2,1H3;(H,6,7). The molecular weight excluding hydrogens is 405 g/mol. The van der Waals surface area contributed by atoms with E-state index >= 15 is 0 Å². The van der Waals surface area contributed by atoms with Crippen LogP contribution in [0.3, 0.4) is 0 Å². The number of piperidine rings is 1. The molecule has 0 aliphatic carbocycles. The zero-order valence-electron chi connectivity index (χ0n) is 16.5. The van der Waals surface area contributed by atoms with Gasteiger partial charge in [0, 0.05) is 57.5 Å². The van der Waals surface area contributed by atoms with Crippen molar-refractivity contribution in [2.45, 2.75) is 32.4 Å². The van der Waals surface area contributed by atoms with Gasteiger partial charge in [-0.05, 0) is 30.9 Å². The number of halogens is 3. The highest BCUT2D eigenvalue weighted by molar-refractivity contribution is 5.94. The number of carboxylic acids is 1. The number of pyridine rings is 1. The first-order valence-electron chi connectivity index (χ1n) is 9.57. The molecule has 11 heteroatoms. The number of rotatable bonds is 0. The van der Waals surface area contributed by atoms with E-state index < -0.39 is 12.1 Å². The van der Waals surface area contributed by atoms with Gasteiger partial charge in [-0.2, -0.15) is 13.2 Å². The minimum absolute atomic E-state index is 0.120. The van der Waals surface area contributed by atoms with Crippen molar-refractivity contribution in [3.63, 3.8) is 0 Å². The van der Waals surface area contributed by atoms with Crippen molar-refractivity contribution in [3.8, 4) is 0 Å². The highest BCUT2D eigenvalue weighted by atomic mass is 19.4. The molecule has 0 bridgehead atoms. The fourth-order valence-electron chi connectivity index (χ4n) is 4.11. The van der Waals surface area contributed by atoms with Crippen LogP contribution in [0.1, 0.15) is 25.3 Å². The first-order chi connectivity index (χ1) is 14.0. The van der Waals surface area contributed by atoms with Crippen molar-refractivity contribution in [2.24, 2.45) is 5.41 Å². The molecule has 30 heavy (non-hydrogen) atoms. The quantitative estimate of drug-likeness (QED) is 0.683. The van der Waals surface area contributed by atoms with Gasteiger partial charge in [-0.15, -0.1) is 0 Å². The second-order valence-corrected chi connectivity index (χ2v) is 7.85. The van der Waals surface area contributed by atoms with Crippen LogP contribution in [-0.2, 0) is 16.0 Å². The summed E-state index contributed by atoms with van der Waals surface area (Å²) in [6.45, 7) is 5.70. The maximum atomic E-state index is 12.8. The van der Waals surface area contributed by atoms with Crippen LogP contribution in [0.15, 0.2) is 18.5 Å². The van der Waals surface area contributed by atoms with E-state index in [4.69, 9.17) is 9.90 Å². The molecule has 0 atom stereocenters. The van der Waals surface area contributed by atoms with Crippen LogP contribution in [-0.4, -0.2) is 76.7 Å². The highest BCUT2D eigenvalue weighted by Crippen LogP contribution is 2.41. The molecule has 0 unspecified atom stereocenters. The largest absolute Gasteiger partial charge is 0.490 e. The van der Waals surface area contributed by atoms with Crippen molar-refractivity contribution in [2.75, 3.05) is 37.6 Å². The number of carboxylic acid groups (broad SMARTS) is 1. The van der Waals surface area contributed by atoms with Gasteiger partial charge in [-0.25, -0.2) is 9.59 Å². The van der Waals surface area contributed by atoms with Gasteiger partial charge in [0.2, 0.25) is 5.91 Å². The minimum Gasteiger partial charge on any atom is -0.475 e. The van der Waals surface area contributed by atoms with E-state index in [0.717, 1.165) is 63.2 Å². The number of aromatic nitrogens is 1. The third-order valence-corrected chi connectivity index (χ3v) is 5.84. The summed E-state index contributed by atoms with van der Waals surface area (Å²) in [7, 11) is 0. The Kier molecular flexibility index (Phi) is 5.91. The molecule has 3 aliphatic heterocycles. The fraction of sp³-hybridized carbons (Fsp3) is 0.579. The summed E-state index contributed by atoms with van der Waals surface area (Å²) in [5.41, 5.74) is 2.41. The minimum atomic E-state index is -5.08. The number of anilines is 1. The predicted molar refractivity (Wildman–Crippen MR) is 99.9 cm³/mol. The third kappa shape index (κ3) is 4.49. The second-order valence-electron chi connectivity index (χ2n) is 7.85. The number of carbonyl (C=O) groups excluding carboxylic acids is 2. The molecule has 8 nitrogen and oxygen atoms in total. The van der Waals surface area contributed by atoms with Gasteiger partial charge < -0.3 is 14.9 Å². The highest BCUT2D eigenvalue weighted by Gasteiger charge is 2.48. The van der Waals surface area contributed by atoms with Crippen LogP contribution >= 0.6 is 0 Å². The Morgan fingerprint density at radius 3 is 2.23 bits per heavy atom. The van der Waals surface area contributed by atoms with E-state index in [-0.39, 0.29) is 17.4 Å². The molecule has 1 aromatic rings. The predicted octanol–water partition coefficient (Wildman–Crippen LogP) is 2.14. The molecule has 4 heterocycles. The Morgan fingerprint density at radius 1 is 1.10 bits per heavy atom. The lowest BCUT2D eigenvalue weighted by Crippen LogP contribution is -2.64. The molecule has 1 N–H and O–H groups in total. The van der Waals surface area contributed by atoms with Crippen LogP contribution in [0, 0.1) is 5.41 Å². The van der Waals surface area contributed by atoms with Gasteiger partial charge in [0.15, 0.2) is 0 Å². The first-order valence-corrected chi connectivity index (χ1v) is 9.57.